The Balaban J connectivity index is 1.96. The Hall–Kier alpha value is -2.81. The Morgan fingerprint density at radius 3 is 2.37 bits per heavy atom. The topological polar surface area (TPSA) is 131 Å². The molecule has 3 atom stereocenters. The molecule has 4 N–H and O–H groups in total. The molecule has 194 valence electrons. The molecule has 0 bridgehead atoms. The number of likely N-dealkylation sites (tertiary alicyclic amines) is 1. The molecule has 35 heavy (non-hydrogen) atoms. The van der Waals surface area contributed by atoms with Gasteiger partial charge in [0.1, 0.15) is 12.1 Å². The van der Waals surface area contributed by atoms with Crippen LogP contribution in [0.2, 0.25) is 0 Å². The number of primary amides is 1. The van der Waals surface area contributed by atoms with Gasteiger partial charge in [0.2, 0.25) is 17.7 Å². The van der Waals surface area contributed by atoms with E-state index in [-0.39, 0.29) is 11.8 Å². The van der Waals surface area contributed by atoms with E-state index in [9.17, 15) is 19.5 Å². The lowest BCUT2D eigenvalue weighted by Crippen LogP contribution is -2.57. The highest BCUT2D eigenvalue weighted by Gasteiger charge is 2.40. The fourth-order valence-corrected chi connectivity index (χ4v) is 5.57. The molecular weight excluding hydrogens is 450 g/mol. The third-order valence-corrected chi connectivity index (χ3v) is 7.36. The lowest BCUT2D eigenvalue weighted by molar-refractivity contribution is -0.145. The largest absolute Gasteiger partial charge is 0.493 e. The standard InChI is InChI=1S/C26H39N3O6/c1-16-13-18(14-21(34-2)23(16)35-3)22(17-9-5-4-6-10-17)26(33)29-12-8-7-11-20(29)25(32)28-19(15-30)24(27)31/h13-14,17,19-20,22,30H,4-12,15H2,1-3H3,(H2,27,31)(H,28,32)/t19-,20+,22+/m1/s1. The van der Waals surface area contributed by atoms with Gasteiger partial charge in [-0.1, -0.05) is 25.3 Å². The molecule has 9 heteroatoms. The van der Waals surface area contributed by atoms with Crippen LogP contribution in [0.4, 0.5) is 0 Å². The van der Waals surface area contributed by atoms with Crippen molar-refractivity contribution in [1.29, 1.82) is 0 Å². The number of hydrogen-bond donors (Lipinski definition) is 3. The zero-order valence-corrected chi connectivity index (χ0v) is 21.0. The van der Waals surface area contributed by atoms with Gasteiger partial charge in [0.15, 0.2) is 11.5 Å². The number of hydrogen-bond acceptors (Lipinski definition) is 6. The van der Waals surface area contributed by atoms with Crippen LogP contribution in [0.5, 0.6) is 11.5 Å². The first kappa shape index (κ1) is 26.8. The molecule has 2 aliphatic rings. The van der Waals surface area contributed by atoms with Crippen LogP contribution in [-0.2, 0) is 14.4 Å². The summed E-state index contributed by atoms with van der Waals surface area (Å²) in [4.78, 5) is 40.5. The number of piperidine rings is 1. The van der Waals surface area contributed by atoms with Crippen LogP contribution in [-0.4, -0.2) is 67.2 Å². The summed E-state index contributed by atoms with van der Waals surface area (Å²) >= 11 is 0. The molecule has 3 rings (SSSR count). The van der Waals surface area contributed by atoms with Gasteiger partial charge >= 0.3 is 0 Å². The Bertz CT molecular complexity index is 915. The molecule has 2 fully saturated rings. The quantitative estimate of drug-likeness (QED) is 0.486. The second-order valence-electron chi connectivity index (χ2n) is 9.64. The highest BCUT2D eigenvalue weighted by Crippen LogP contribution is 2.42. The third kappa shape index (κ3) is 6.07. The second kappa shape index (κ2) is 12.2. The summed E-state index contributed by atoms with van der Waals surface area (Å²) in [6.07, 6.45) is 7.29. The van der Waals surface area contributed by atoms with Gasteiger partial charge in [0.25, 0.3) is 0 Å². The van der Waals surface area contributed by atoms with Crippen molar-refractivity contribution in [3.05, 3.63) is 23.3 Å². The fraction of sp³-hybridized carbons (Fsp3) is 0.654. The Labute approximate surface area is 207 Å². The molecule has 3 amide bonds. The number of benzene rings is 1. The number of nitrogens with two attached hydrogens (primary N) is 1. The average molecular weight is 490 g/mol. The summed E-state index contributed by atoms with van der Waals surface area (Å²) in [5.41, 5.74) is 7.04. The van der Waals surface area contributed by atoms with E-state index in [0.717, 1.165) is 56.1 Å². The average Bonchev–Trinajstić information content (AvgIpc) is 2.87. The number of aliphatic hydroxyl groups is 1. The molecular formula is C26H39N3O6. The molecule has 0 aromatic heterocycles. The van der Waals surface area contributed by atoms with Crippen molar-refractivity contribution >= 4 is 17.7 Å². The van der Waals surface area contributed by atoms with E-state index < -0.39 is 36.4 Å². The molecule has 0 radical (unpaired) electrons. The molecule has 1 aromatic rings. The van der Waals surface area contributed by atoms with E-state index in [2.05, 4.69) is 5.32 Å². The molecule has 1 aliphatic carbocycles. The normalized spacial score (nSPS) is 20.6. The minimum Gasteiger partial charge on any atom is -0.493 e. The number of methoxy groups -OCH3 is 2. The number of aliphatic hydroxyl groups excluding tert-OH is 1. The molecule has 1 saturated carbocycles. The Morgan fingerprint density at radius 2 is 1.77 bits per heavy atom. The van der Waals surface area contributed by atoms with Crippen LogP contribution in [0.1, 0.15) is 68.4 Å². The van der Waals surface area contributed by atoms with E-state index >= 15 is 0 Å². The second-order valence-corrected chi connectivity index (χ2v) is 9.64. The van der Waals surface area contributed by atoms with Crippen molar-refractivity contribution < 1.29 is 29.0 Å². The SMILES string of the molecule is COc1cc([C@@H](C(=O)N2CCCC[C@H]2C(=O)N[C@H](CO)C(N)=O)C2CCCCC2)cc(C)c1OC. The third-order valence-electron chi connectivity index (χ3n) is 7.36. The van der Waals surface area contributed by atoms with Gasteiger partial charge in [-0.2, -0.15) is 0 Å². The van der Waals surface area contributed by atoms with Crippen LogP contribution in [0.3, 0.4) is 0 Å². The summed E-state index contributed by atoms with van der Waals surface area (Å²) in [5, 5.41) is 12.0. The molecule has 1 aliphatic heterocycles. The smallest absolute Gasteiger partial charge is 0.243 e. The van der Waals surface area contributed by atoms with Crippen molar-refractivity contribution in [2.24, 2.45) is 11.7 Å². The minimum atomic E-state index is -1.18. The first-order valence-electron chi connectivity index (χ1n) is 12.6. The number of carbonyl (C=O) groups is 3. The van der Waals surface area contributed by atoms with E-state index in [1.165, 1.54) is 0 Å². The van der Waals surface area contributed by atoms with Crippen LogP contribution < -0.4 is 20.5 Å². The molecule has 9 nitrogen and oxygen atoms in total. The van der Waals surface area contributed by atoms with Crippen LogP contribution in [0.15, 0.2) is 12.1 Å². The lowest BCUT2D eigenvalue weighted by atomic mass is 9.75. The van der Waals surface area contributed by atoms with Crippen LogP contribution in [0.25, 0.3) is 0 Å². The lowest BCUT2D eigenvalue weighted by Gasteiger charge is -2.40. The van der Waals surface area contributed by atoms with E-state index in [1.807, 2.05) is 19.1 Å². The predicted octanol–water partition coefficient (Wildman–Crippen LogP) is 2.02. The summed E-state index contributed by atoms with van der Waals surface area (Å²) in [6, 6.07) is 1.99. The number of carbonyl (C=O) groups excluding carboxylic acids is 3. The number of aryl methyl sites for hydroxylation is 1. The first-order valence-corrected chi connectivity index (χ1v) is 12.6. The molecule has 1 saturated heterocycles. The zero-order chi connectivity index (χ0) is 25.5. The maximum atomic E-state index is 14.2. The zero-order valence-electron chi connectivity index (χ0n) is 21.0. The van der Waals surface area contributed by atoms with Gasteiger partial charge in [-0.25, -0.2) is 0 Å². The van der Waals surface area contributed by atoms with Gasteiger partial charge in [-0.15, -0.1) is 0 Å². The fourth-order valence-electron chi connectivity index (χ4n) is 5.57. The summed E-state index contributed by atoms with van der Waals surface area (Å²) in [7, 11) is 3.18. The molecule has 1 aromatic carbocycles. The van der Waals surface area contributed by atoms with Gasteiger partial charge < -0.3 is 30.5 Å². The van der Waals surface area contributed by atoms with Crippen molar-refractivity contribution in [2.45, 2.75) is 76.3 Å². The van der Waals surface area contributed by atoms with Gasteiger partial charge in [0, 0.05) is 6.54 Å². The van der Waals surface area contributed by atoms with Crippen molar-refractivity contribution in [3.8, 4) is 11.5 Å². The molecule has 1 heterocycles. The first-order chi connectivity index (χ1) is 16.8. The number of nitrogens with zero attached hydrogens (tertiary/aromatic N) is 1. The van der Waals surface area contributed by atoms with Gasteiger partial charge in [-0.05, 0) is 62.1 Å². The van der Waals surface area contributed by atoms with Gasteiger partial charge in [0.05, 0.1) is 26.7 Å². The van der Waals surface area contributed by atoms with E-state index in [0.29, 0.717) is 24.5 Å². The summed E-state index contributed by atoms with van der Waals surface area (Å²) in [6.45, 7) is 1.81. The number of amides is 3. The number of nitrogens with one attached hydrogen (secondary N) is 1. The van der Waals surface area contributed by atoms with Crippen molar-refractivity contribution in [1.82, 2.24) is 10.2 Å². The highest BCUT2D eigenvalue weighted by atomic mass is 16.5. The monoisotopic (exact) mass is 489 g/mol. The van der Waals surface area contributed by atoms with Crippen LogP contribution >= 0.6 is 0 Å². The van der Waals surface area contributed by atoms with E-state index in [1.54, 1.807) is 19.1 Å². The highest BCUT2D eigenvalue weighted by molar-refractivity contribution is 5.93. The number of rotatable bonds is 9. The Morgan fingerprint density at radius 1 is 1.09 bits per heavy atom. The van der Waals surface area contributed by atoms with Crippen molar-refractivity contribution in [3.63, 3.8) is 0 Å². The van der Waals surface area contributed by atoms with E-state index in [4.69, 9.17) is 15.2 Å². The molecule has 0 spiro atoms. The maximum Gasteiger partial charge on any atom is 0.243 e. The maximum absolute atomic E-state index is 14.2. The number of ether oxygens (including phenoxy) is 2. The van der Waals surface area contributed by atoms with Crippen LogP contribution in [0, 0.1) is 12.8 Å². The summed E-state index contributed by atoms with van der Waals surface area (Å²) in [5.74, 6) is -0.374. The van der Waals surface area contributed by atoms with Gasteiger partial charge in [-0.3, -0.25) is 14.4 Å². The summed E-state index contributed by atoms with van der Waals surface area (Å²) < 4.78 is 11.1. The minimum absolute atomic E-state index is 0.0806. The van der Waals surface area contributed by atoms with Crippen molar-refractivity contribution in [2.75, 3.05) is 27.4 Å². The Kier molecular flexibility index (Phi) is 9.37. The predicted molar refractivity (Wildman–Crippen MR) is 131 cm³/mol. The molecule has 0 unspecified atom stereocenters.